The highest BCUT2D eigenvalue weighted by Gasteiger charge is 2.14. The van der Waals surface area contributed by atoms with Crippen molar-refractivity contribution in [3.63, 3.8) is 0 Å². The summed E-state index contributed by atoms with van der Waals surface area (Å²) < 4.78 is 8.52. The number of rotatable bonds is 3. The van der Waals surface area contributed by atoms with Crippen molar-refractivity contribution in [2.24, 2.45) is 0 Å². The number of hydrogen-bond donors (Lipinski definition) is 0. The highest BCUT2D eigenvalue weighted by atomic mass is 16.5. The van der Waals surface area contributed by atoms with Gasteiger partial charge in [0, 0.05) is 23.5 Å². The van der Waals surface area contributed by atoms with E-state index in [1.807, 2.05) is 50.4 Å². The Labute approximate surface area is 160 Å². The molecule has 5 aromatic rings. The first-order valence-corrected chi connectivity index (χ1v) is 9.10. The Morgan fingerprint density at radius 3 is 2.68 bits per heavy atom. The van der Waals surface area contributed by atoms with Crippen LogP contribution in [0.3, 0.4) is 0 Å². The first kappa shape index (κ1) is 16.5. The predicted octanol–water partition coefficient (Wildman–Crippen LogP) is 3.97. The Bertz CT molecular complexity index is 1370. The molecule has 2 aromatic carbocycles. The van der Waals surface area contributed by atoms with Crippen LogP contribution in [0.5, 0.6) is 0 Å². The fourth-order valence-electron chi connectivity index (χ4n) is 3.63. The Hall–Kier alpha value is -3.67. The maximum absolute atomic E-state index is 13.0. The second kappa shape index (κ2) is 6.20. The van der Waals surface area contributed by atoms with Crippen LogP contribution in [0, 0.1) is 13.8 Å². The fourth-order valence-corrected chi connectivity index (χ4v) is 3.63. The van der Waals surface area contributed by atoms with Crippen molar-refractivity contribution in [3.05, 3.63) is 88.3 Å². The quantitative estimate of drug-likeness (QED) is 0.482. The molecular weight excluding hydrogens is 352 g/mol. The van der Waals surface area contributed by atoms with E-state index >= 15 is 0 Å². The zero-order valence-corrected chi connectivity index (χ0v) is 15.6. The van der Waals surface area contributed by atoms with Gasteiger partial charge in [-0.15, -0.1) is 0 Å². The van der Waals surface area contributed by atoms with Crippen LogP contribution in [0.4, 0.5) is 0 Å². The molecule has 0 fully saturated rings. The molecule has 0 spiro atoms. The van der Waals surface area contributed by atoms with E-state index in [1.54, 1.807) is 15.3 Å². The van der Waals surface area contributed by atoms with Crippen LogP contribution in [-0.2, 0) is 6.54 Å². The SMILES string of the molecule is Cc1noc(C)c1Cn1ccn2nc(-c3cccc4ccccc34)cc2c1=O. The van der Waals surface area contributed by atoms with E-state index in [1.165, 1.54) is 0 Å². The van der Waals surface area contributed by atoms with Crippen molar-refractivity contribution in [2.45, 2.75) is 20.4 Å². The number of aromatic nitrogens is 4. The zero-order valence-electron chi connectivity index (χ0n) is 15.6. The topological polar surface area (TPSA) is 65.3 Å². The average Bonchev–Trinajstić information content (AvgIpc) is 3.28. The van der Waals surface area contributed by atoms with Gasteiger partial charge in [-0.1, -0.05) is 47.6 Å². The van der Waals surface area contributed by atoms with E-state index in [0.29, 0.717) is 12.1 Å². The summed E-state index contributed by atoms with van der Waals surface area (Å²) >= 11 is 0. The molecule has 0 saturated heterocycles. The maximum atomic E-state index is 13.0. The Balaban J connectivity index is 1.64. The first-order chi connectivity index (χ1) is 13.6. The third-order valence-corrected chi connectivity index (χ3v) is 5.18. The number of fused-ring (bicyclic) bond motifs is 2. The molecule has 0 aliphatic heterocycles. The van der Waals surface area contributed by atoms with Crippen LogP contribution < -0.4 is 5.56 Å². The van der Waals surface area contributed by atoms with E-state index in [0.717, 1.165) is 39.0 Å². The summed E-state index contributed by atoms with van der Waals surface area (Å²) in [7, 11) is 0. The summed E-state index contributed by atoms with van der Waals surface area (Å²) in [5.41, 5.74) is 3.97. The molecule has 0 radical (unpaired) electrons. The van der Waals surface area contributed by atoms with Crippen LogP contribution >= 0.6 is 0 Å². The van der Waals surface area contributed by atoms with Gasteiger partial charge >= 0.3 is 0 Å². The molecule has 0 atom stereocenters. The van der Waals surface area contributed by atoms with Gasteiger partial charge < -0.3 is 9.09 Å². The Kier molecular flexibility index (Phi) is 3.65. The van der Waals surface area contributed by atoms with Crippen molar-refractivity contribution in [1.82, 2.24) is 19.3 Å². The lowest BCUT2D eigenvalue weighted by Crippen LogP contribution is -2.22. The summed E-state index contributed by atoms with van der Waals surface area (Å²) in [5.74, 6) is 0.731. The molecule has 0 unspecified atom stereocenters. The van der Waals surface area contributed by atoms with Crippen molar-refractivity contribution < 1.29 is 4.52 Å². The molecule has 5 rings (SSSR count). The second-order valence-electron chi connectivity index (χ2n) is 6.92. The molecule has 0 amide bonds. The largest absolute Gasteiger partial charge is 0.361 e. The van der Waals surface area contributed by atoms with Gasteiger partial charge in [0.05, 0.1) is 17.9 Å². The van der Waals surface area contributed by atoms with E-state index < -0.39 is 0 Å². The fraction of sp³-hybridized carbons (Fsp3) is 0.136. The monoisotopic (exact) mass is 370 g/mol. The van der Waals surface area contributed by atoms with Gasteiger partial charge in [0.2, 0.25) is 0 Å². The third kappa shape index (κ3) is 2.53. The molecule has 3 aromatic heterocycles. The highest BCUT2D eigenvalue weighted by molar-refractivity contribution is 5.96. The van der Waals surface area contributed by atoms with E-state index in [-0.39, 0.29) is 5.56 Å². The summed E-state index contributed by atoms with van der Waals surface area (Å²) in [6.07, 6.45) is 3.56. The van der Waals surface area contributed by atoms with Crippen LogP contribution in [0.2, 0.25) is 0 Å². The minimum Gasteiger partial charge on any atom is -0.361 e. The van der Waals surface area contributed by atoms with Gasteiger partial charge in [-0.25, -0.2) is 4.52 Å². The molecular formula is C22H18N4O2. The smallest absolute Gasteiger partial charge is 0.276 e. The van der Waals surface area contributed by atoms with E-state index in [4.69, 9.17) is 4.52 Å². The Morgan fingerprint density at radius 2 is 1.86 bits per heavy atom. The molecule has 0 aliphatic rings. The van der Waals surface area contributed by atoms with Gasteiger partial charge in [-0.05, 0) is 30.7 Å². The Morgan fingerprint density at radius 1 is 1.04 bits per heavy atom. The number of aryl methyl sites for hydroxylation is 2. The number of nitrogens with zero attached hydrogens (tertiary/aromatic N) is 4. The minimum absolute atomic E-state index is 0.0958. The standard InChI is InChI=1S/C22H18N4O2/c1-14-19(15(2)28-24-14)13-25-10-11-26-21(22(25)27)12-20(23-26)18-9-5-7-16-6-3-4-8-17(16)18/h3-12H,13H2,1-2H3. The summed E-state index contributed by atoms with van der Waals surface area (Å²) in [6, 6.07) is 16.2. The van der Waals surface area contributed by atoms with Crippen molar-refractivity contribution in [3.8, 4) is 11.3 Å². The molecule has 0 saturated carbocycles. The predicted molar refractivity (Wildman–Crippen MR) is 107 cm³/mol. The summed E-state index contributed by atoms with van der Waals surface area (Å²) in [6.45, 7) is 4.16. The molecule has 0 N–H and O–H groups in total. The molecule has 0 bridgehead atoms. The van der Waals surface area contributed by atoms with Gasteiger partial charge in [0.25, 0.3) is 5.56 Å². The molecule has 6 nitrogen and oxygen atoms in total. The highest BCUT2D eigenvalue weighted by Crippen LogP contribution is 2.27. The number of benzene rings is 2. The van der Waals surface area contributed by atoms with Crippen molar-refractivity contribution in [1.29, 1.82) is 0 Å². The summed E-state index contributed by atoms with van der Waals surface area (Å²) in [5, 5.41) is 10.9. The van der Waals surface area contributed by atoms with Gasteiger partial charge in [-0.3, -0.25) is 4.79 Å². The lowest BCUT2D eigenvalue weighted by atomic mass is 10.0. The lowest BCUT2D eigenvalue weighted by molar-refractivity contribution is 0.392. The maximum Gasteiger partial charge on any atom is 0.276 e. The average molecular weight is 370 g/mol. The van der Waals surface area contributed by atoms with Crippen LogP contribution in [0.25, 0.3) is 27.5 Å². The minimum atomic E-state index is -0.0958. The zero-order chi connectivity index (χ0) is 19.3. The summed E-state index contributed by atoms with van der Waals surface area (Å²) in [4.78, 5) is 13.0. The van der Waals surface area contributed by atoms with Gasteiger partial charge in [0.1, 0.15) is 11.3 Å². The van der Waals surface area contributed by atoms with E-state index in [2.05, 4.69) is 28.5 Å². The second-order valence-corrected chi connectivity index (χ2v) is 6.92. The van der Waals surface area contributed by atoms with Gasteiger partial charge in [-0.2, -0.15) is 5.10 Å². The molecule has 3 heterocycles. The van der Waals surface area contributed by atoms with Crippen molar-refractivity contribution in [2.75, 3.05) is 0 Å². The van der Waals surface area contributed by atoms with Gasteiger partial charge in [0.15, 0.2) is 0 Å². The molecule has 0 aliphatic carbocycles. The van der Waals surface area contributed by atoms with Crippen LogP contribution in [0.15, 0.2) is 70.2 Å². The normalized spacial score (nSPS) is 11.5. The van der Waals surface area contributed by atoms with E-state index in [9.17, 15) is 4.79 Å². The van der Waals surface area contributed by atoms with Crippen LogP contribution in [0.1, 0.15) is 17.0 Å². The molecule has 28 heavy (non-hydrogen) atoms. The third-order valence-electron chi connectivity index (χ3n) is 5.18. The molecule has 138 valence electrons. The first-order valence-electron chi connectivity index (χ1n) is 9.10. The lowest BCUT2D eigenvalue weighted by Gasteiger charge is -2.05. The van der Waals surface area contributed by atoms with Crippen molar-refractivity contribution >= 4 is 16.3 Å². The van der Waals surface area contributed by atoms with Crippen LogP contribution in [-0.4, -0.2) is 19.3 Å². The molecule has 6 heteroatoms. The number of hydrogen-bond acceptors (Lipinski definition) is 4.